The highest BCUT2D eigenvalue weighted by molar-refractivity contribution is 7.17. The van der Waals surface area contributed by atoms with Crippen LogP contribution in [0.15, 0.2) is 60.2 Å². The molecule has 0 unspecified atom stereocenters. The van der Waals surface area contributed by atoms with E-state index in [1.54, 1.807) is 36.9 Å². The van der Waals surface area contributed by atoms with E-state index in [9.17, 15) is 4.79 Å². The van der Waals surface area contributed by atoms with Crippen LogP contribution in [-0.2, 0) is 4.74 Å². The van der Waals surface area contributed by atoms with Gasteiger partial charge < -0.3 is 19.7 Å². The Morgan fingerprint density at radius 1 is 1.03 bits per heavy atom. The molecule has 7 nitrogen and oxygen atoms in total. The maximum Gasteiger partial charge on any atom is 0.338 e. The summed E-state index contributed by atoms with van der Waals surface area (Å²) in [6.45, 7) is 7.19. The number of fused-ring (bicyclic) bond motifs is 1. The van der Waals surface area contributed by atoms with Crippen molar-refractivity contribution in [1.82, 2.24) is 14.9 Å². The normalized spacial score (nSPS) is 11.1. The number of nitrogens with zero attached hydrogens (tertiary/aromatic N) is 3. The van der Waals surface area contributed by atoms with Gasteiger partial charge >= 0.3 is 5.97 Å². The van der Waals surface area contributed by atoms with Crippen LogP contribution in [0.25, 0.3) is 21.3 Å². The number of likely N-dealkylation sites (N-methyl/N-ethyl adjacent to an activating group) is 1. The molecule has 0 aliphatic carbocycles. The minimum atomic E-state index is -0.317. The van der Waals surface area contributed by atoms with E-state index in [-0.39, 0.29) is 5.97 Å². The number of methoxy groups -OCH3 is 1. The van der Waals surface area contributed by atoms with Gasteiger partial charge in [0.2, 0.25) is 0 Å². The van der Waals surface area contributed by atoms with Crippen LogP contribution in [0.1, 0.15) is 24.2 Å². The highest BCUT2D eigenvalue weighted by Crippen LogP contribution is 2.37. The van der Waals surface area contributed by atoms with Gasteiger partial charge in [-0.25, -0.2) is 14.8 Å². The summed E-state index contributed by atoms with van der Waals surface area (Å²) < 4.78 is 10.7. The van der Waals surface area contributed by atoms with E-state index in [0.717, 1.165) is 52.4 Å². The fourth-order valence-corrected chi connectivity index (χ4v) is 4.59. The van der Waals surface area contributed by atoms with Crippen molar-refractivity contribution in [2.75, 3.05) is 38.7 Å². The fourth-order valence-electron chi connectivity index (χ4n) is 3.67. The van der Waals surface area contributed by atoms with Gasteiger partial charge in [0, 0.05) is 23.2 Å². The zero-order valence-electron chi connectivity index (χ0n) is 19.6. The van der Waals surface area contributed by atoms with Crippen molar-refractivity contribution in [3.8, 4) is 16.9 Å². The summed E-state index contributed by atoms with van der Waals surface area (Å²) in [6, 6.07) is 15.2. The molecule has 34 heavy (non-hydrogen) atoms. The molecule has 0 fully saturated rings. The number of anilines is 2. The van der Waals surface area contributed by atoms with Gasteiger partial charge in [-0.15, -0.1) is 11.3 Å². The molecule has 0 saturated heterocycles. The number of esters is 1. The van der Waals surface area contributed by atoms with Gasteiger partial charge in [-0.2, -0.15) is 0 Å². The van der Waals surface area contributed by atoms with Crippen LogP contribution in [0.5, 0.6) is 5.75 Å². The lowest BCUT2D eigenvalue weighted by atomic mass is 10.1. The first-order valence-corrected chi connectivity index (χ1v) is 12.1. The molecule has 4 aromatic rings. The van der Waals surface area contributed by atoms with E-state index in [4.69, 9.17) is 9.47 Å². The molecule has 1 N–H and O–H groups in total. The zero-order chi connectivity index (χ0) is 23.9. The lowest BCUT2D eigenvalue weighted by Crippen LogP contribution is -2.27. The van der Waals surface area contributed by atoms with Crippen LogP contribution in [0.3, 0.4) is 0 Å². The number of rotatable bonds is 10. The molecule has 2 aromatic carbocycles. The first kappa shape index (κ1) is 23.7. The molecule has 2 aromatic heterocycles. The molecule has 0 aliphatic heterocycles. The Hall–Kier alpha value is -3.49. The Morgan fingerprint density at radius 3 is 2.44 bits per heavy atom. The number of carbonyl (C=O) groups is 1. The maximum absolute atomic E-state index is 12.4. The van der Waals surface area contributed by atoms with Crippen LogP contribution < -0.4 is 10.1 Å². The Kier molecular flexibility index (Phi) is 7.72. The number of hydrogen-bond donors (Lipinski definition) is 1. The minimum Gasteiger partial charge on any atom is -0.497 e. The topological polar surface area (TPSA) is 76.6 Å². The summed E-state index contributed by atoms with van der Waals surface area (Å²) in [5.41, 5.74) is 3.46. The van der Waals surface area contributed by atoms with E-state index in [2.05, 4.69) is 39.4 Å². The van der Waals surface area contributed by atoms with E-state index < -0.39 is 0 Å². The molecular weight excluding hydrogens is 448 g/mol. The first-order chi connectivity index (χ1) is 16.6. The Labute approximate surface area is 203 Å². The second-order valence-corrected chi connectivity index (χ2v) is 8.50. The number of thiophene rings is 1. The molecule has 2 heterocycles. The van der Waals surface area contributed by atoms with E-state index in [0.29, 0.717) is 18.0 Å². The largest absolute Gasteiger partial charge is 0.497 e. The number of carbonyl (C=O) groups excluding carboxylic acids is 1. The molecule has 8 heteroatoms. The van der Waals surface area contributed by atoms with Crippen molar-refractivity contribution in [1.29, 1.82) is 0 Å². The average Bonchev–Trinajstić information content (AvgIpc) is 3.32. The number of nitrogens with one attached hydrogen (secondary N) is 1. The van der Waals surface area contributed by atoms with E-state index >= 15 is 0 Å². The predicted octanol–water partition coefficient (Wildman–Crippen LogP) is 5.61. The van der Waals surface area contributed by atoms with E-state index in [1.807, 2.05) is 36.4 Å². The number of ether oxygens (including phenoxy) is 2. The summed E-state index contributed by atoms with van der Waals surface area (Å²) in [4.78, 5) is 24.4. The zero-order valence-corrected chi connectivity index (χ0v) is 20.4. The number of benzene rings is 2. The van der Waals surface area contributed by atoms with Crippen LogP contribution >= 0.6 is 11.3 Å². The second kappa shape index (κ2) is 11.1. The number of aromatic nitrogens is 2. The van der Waals surface area contributed by atoms with Crippen molar-refractivity contribution in [2.45, 2.75) is 13.8 Å². The highest BCUT2D eigenvalue weighted by atomic mass is 32.1. The van der Waals surface area contributed by atoms with Gasteiger partial charge in [0.25, 0.3) is 0 Å². The van der Waals surface area contributed by atoms with Crippen molar-refractivity contribution in [2.24, 2.45) is 0 Å². The molecule has 0 spiro atoms. The third kappa shape index (κ3) is 5.35. The Balaban J connectivity index is 1.49. The van der Waals surface area contributed by atoms with Gasteiger partial charge in [-0.3, -0.25) is 0 Å². The average molecular weight is 477 g/mol. The summed E-state index contributed by atoms with van der Waals surface area (Å²) in [5, 5.41) is 6.42. The van der Waals surface area contributed by atoms with E-state index in [1.165, 1.54) is 0 Å². The number of hydrogen-bond acceptors (Lipinski definition) is 8. The minimum absolute atomic E-state index is 0.317. The van der Waals surface area contributed by atoms with Crippen LogP contribution in [0.2, 0.25) is 0 Å². The Bertz CT molecular complexity index is 1240. The first-order valence-electron chi connectivity index (χ1n) is 11.3. The van der Waals surface area contributed by atoms with Gasteiger partial charge in [-0.05, 0) is 55.1 Å². The molecule has 0 amide bonds. The van der Waals surface area contributed by atoms with Crippen LogP contribution in [0.4, 0.5) is 11.5 Å². The molecule has 0 saturated carbocycles. The SMILES string of the molecule is CCN(CC)CCOC(=O)c1ccc(Nc2ncnc3scc(-c4ccc(OC)cc4)c23)cc1. The van der Waals surface area contributed by atoms with Gasteiger partial charge in [0.15, 0.2) is 0 Å². The second-order valence-electron chi connectivity index (χ2n) is 7.65. The summed E-state index contributed by atoms with van der Waals surface area (Å²) in [7, 11) is 1.65. The maximum atomic E-state index is 12.4. The lowest BCUT2D eigenvalue weighted by Gasteiger charge is -2.17. The summed E-state index contributed by atoms with van der Waals surface area (Å²) >= 11 is 1.58. The molecule has 176 valence electrons. The molecule has 0 atom stereocenters. The molecule has 0 radical (unpaired) electrons. The molecular formula is C26H28N4O3S. The lowest BCUT2D eigenvalue weighted by molar-refractivity contribution is 0.0466. The summed E-state index contributed by atoms with van der Waals surface area (Å²) in [5.74, 6) is 1.21. The van der Waals surface area contributed by atoms with Crippen molar-refractivity contribution in [3.05, 3.63) is 65.8 Å². The fraction of sp³-hybridized carbons (Fsp3) is 0.269. The summed E-state index contributed by atoms with van der Waals surface area (Å²) in [6.07, 6.45) is 1.56. The quantitative estimate of drug-likeness (QED) is 0.298. The van der Waals surface area contributed by atoms with Gasteiger partial charge in [0.05, 0.1) is 18.1 Å². The van der Waals surface area contributed by atoms with Crippen molar-refractivity contribution < 1.29 is 14.3 Å². The Morgan fingerprint density at radius 2 is 1.76 bits per heavy atom. The van der Waals surface area contributed by atoms with Gasteiger partial charge in [-0.1, -0.05) is 26.0 Å². The molecule has 4 rings (SSSR count). The van der Waals surface area contributed by atoms with Crippen molar-refractivity contribution in [3.63, 3.8) is 0 Å². The highest BCUT2D eigenvalue weighted by Gasteiger charge is 2.14. The third-order valence-electron chi connectivity index (χ3n) is 5.69. The van der Waals surface area contributed by atoms with Crippen molar-refractivity contribution >= 4 is 39.0 Å². The van der Waals surface area contributed by atoms with Crippen LogP contribution in [0, 0.1) is 0 Å². The molecule has 0 aliphatic rings. The monoisotopic (exact) mass is 476 g/mol. The third-order valence-corrected chi connectivity index (χ3v) is 6.58. The predicted molar refractivity (Wildman–Crippen MR) is 137 cm³/mol. The molecule has 0 bridgehead atoms. The van der Waals surface area contributed by atoms with Gasteiger partial charge in [0.1, 0.15) is 29.3 Å². The van der Waals surface area contributed by atoms with Crippen LogP contribution in [-0.4, -0.2) is 54.2 Å². The standard InChI is InChI=1S/C26H28N4O3S/c1-4-30(5-2)14-15-33-26(31)19-6-10-20(11-7-19)29-24-23-22(16-34-25(23)28-17-27-24)18-8-12-21(32-3)13-9-18/h6-13,16-17H,4-5,14-15H2,1-3H3,(H,27,28,29). The smallest absolute Gasteiger partial charge is 0.338 e.